The van der Waals surface area contributed by atoms with E-state index >= 15 is 0 Å². The van der Waals surface area contributed by atoms with Crippen LogP contribution in [-0.2, 0) is 4.79 Å². The Morgan fingerprint density at radius 1 is 1.11 bits per heavy atom. The van der Waals surface area contributed by atoms with Gasteiger partial charge in [-0.25, -0.2) is 0 Å². The lowest BCUT2D eigenvalue weighted by Crippen LogP contribution is -2.32. The Morgan fingerprint density at radius 2 is 1.85 bits per heavy atom. The summed E-state index contributed by atoms with van der Waals surface area (Å²) in [5.74, 6) is 0.118. The minimum Gasteiger partial charge on any atom is -0.493 e. The zero-order chi connectivity index (χ0) is 19.4. The van der Waals surface area contributed by atoms with Crippen molar-refractivity contribution in [2.24, 2.45) is 11.5 Å². The molecule has 0 unspecified atom stereocenters. The van der Waals surface area contributed by atoms with E-state index in [9.17, 15) is 9.59 Å². The Morgan fingerprint density at radius 3 is 2.52 bits per heavy atom. The van der Waals surface area contributed by atoms with E-state index in [1.165, 1.54) is 7.11 Å². The number of carbonyl (C=O) groups is 2. The largest absolute Gasteiger partial charge is 0.493 e. The van der Waals surface area contributed by atoms with Crippen molar-refractivity contribution in [3.8, 4) is 11.5 Å². The van der Waals surface area contributed by atoms with Crippen LogP contribution in [0.2, 0.25) is 0 Å². The number of primary amides is 1. The summed E-state index contributed by atoms with van der Waals surface area (Å²) >= 11 is 0. The number of likely N-dealkylation sites (tertiary alicyclic amines) is 1. The third-order valence-electron chi connectivity index (χ3n) is 4.66. The summed E-state index contributed by atoms with van der Waals surface area (Å²) in [6.07, 6.45) is 0. The summed E-state index contributed by atoms with van der Waals surface area (Å²) in [6.45, 7) is 0.788. The molecule has 27 heavy (non-hydrogen) atoms. The minimum atomic E-state index is -0.588. The van der Waals surface area contributed by atoms with E-state index in [-0.39, 0.29) is 24.5 Å². The molecule has 1 aliphatic rings. The van der Waals surface area contributed by atoms with Gasteiger partial charge in [0.1, 0.15) is 0 Å². The Labute approximate surface area is 157 Å². The maximum atomic E-state index is 12.9. The Hall–Kier alpha value is -3.06. The Bertz CT molecular complexity index is 825. The molecule has 2 aromatic rings. The second-order valence-corrected chi connectivity index (χ2v) is 6.51. The van der Waals surface area contributed by atoms with Crippen molar-refractivity contribution in [3.05, 3.63) is 59.7 Å². The highest BCUT2D eigenvalue weighted by Crippen LogP contribution is 2.31. The van der Waals surface area contributed by atoms with Crippen LogP contribution in [0.25, 0.3) is 0 Å². The van der Waals surface area contributed by atoms with Gasteiger partial charge in [0.25, 0.3) is 11.8 Å². The van der Waals surface area contributed by atoms with Gasteiger partial charge < -0.3 is 25.8 Å². The van der Waals surface area contributed by atoms with Crippen molar-refractivity contribution in [1.29, 1.82) is 0 Å². The van der Waals surface area contributed by atoms with E-state index in [2.05, 4.69) is 0 Å². The molecule has 7 heteroatoms. The predicted molar refractivity (Wildman–Crippen MR) is 101 cm³/mol. The fraction of sp³-hybridized carbons (Fsp3) is 0.300. The monoisotopic (exact) mass is 369 g/mol. The van der Waals surface area contributed by atoms with Crippen LogP contribution in [0.4, 0.5) is 0 Å². The molecule has 0 saturated carbocycles. The smallest absolute Gasteiger partial charge is 0.255 e. The van der Waals surface area contributed by atoms with Gasteiger partial charge in [0.15, 0.2) is 18.1 Å². The molecule has 2 aromatic carbocycles. The van der Waals surface area contributed by atoms with Crippen molar-refractivity contribution in [2.45, 2.75) is 12.0 Å². The summed E-state index contributed by atoms with van der Waals surface area (Å²) in [4.78, 5) is 25.5. The second-order valence-electron chi connectivity index (χ2n) is 6.51. The number of hydrogen-bond donors (Lipinski definition) is 2. The molecule has 142 valence electrons. The van der Waals surface area contributed by atoms with Crippen LogP contribution in [0.3, 0.4) is 0 Å². The number of rotatable bonds is 6. The third-order valence-corrected chi connectivity index (χ3v) is 4.66. The van der Waals surface area contributed by atoms with E-state index in [1.807, 2.05) is 30.3 Å². The lowest BCUT2D eigenvalue weighted by molar-refractivity contribution is -0.119. The average Bonchev–Trinajstić information content (AvgIpc) is 3.08. The fourth-order valence-corrected chi connectivity index (χ4v) is 3.30. The maximum Gasteiger partial charge on any atom is 0.255 e. The van der Waals surface area contributed by atoms with E-state index in [0.717, 1.165) is 5.56 Å². The summed E-state index contributed by atoms with van der Waals surface area (Å²) in [5.41, 5.74) is 13.0. The van der Waals surface area contributed by atoms with Crippen molar-refractivity contribution < 1.29 is 19.1 Å². The Balaban J connectivity index is 1.75. The van der Waals surface area contributed by atoms with Gasteiger partial charge in [0.2, 0.25) is 0 Å². The van der Waals surface area contributed by atoms with Gasteiger partial charge in [-0.05, 0) is 23.8 Å². The van der Waals surface area contributed by atoms with Crippen molar-refractivity contribution in [1.82, 2.24) is 4.90 Å². The van der Waals surface area contributed by atoms with Crippen LogP contribution < -0.4 is 20.9 Å². The molecular formula is C20H23N3O4. The molecule has 0 bridgehead atoms. The SMILES string of the molecule is COc1cc(C(=O)N2C[C@@H](N)[C@H](c3ccccc3)C2)ccc1OCC(N)=O. The van der Waals surface area contributed by atoms with E-state index in [4.69, 9.17) is 20.9 Å². The van der Waals surface area contributed by atoms with Crippen LogP contribution in [0.1, 0.15) is 21.8 Å². The van der Waals surface area contributed by atoms with Gasteiger partial charge in [-0.1, -0.05) is 30.3 Å². The number of ether oxygens (including phenoxy) is 2. The summed E-state index contributed by atoms with van der Waals surface area (Å²) < 4.78 is 10.6. The van der Waals surface area contributed by atoms with Gasteiger partial charge in [-0.2, -0.15) is 0 Å². The van der Waals surface area contributed by atoms with Crippen molar-refractivity contribution in [3.63, 3.8) is 0 Å². The number of benzene rings is 2. The summed E-state index contributed by atoms with van der Waals surface area (Å²) in [5, 5.41) is 0. The van der Waals surface area contributed by atoms with Gasteiger partial charge in [0, 0.05) is 30.6 Å². The molecule has 2 atom stereocenters. The number of methoxy groups -OCH3 is 1. The van der Waals surface area contributed by atoms with Gasteiger partial charge in [0.05, 0.1) is 7.11 Å². The number of hydrogen-bond acceptors (Lipinski definition) is 5. The van der Waals surface area contributed by atoms with Gasteiger partial charge >= 0.3 is 0 Å². The molecule has 0 spiro atoms. The van der Waals surface area contributed by atoms with E-state index in [0.29, 0.717) is 30.2 Å². The lowest BCUT2D eigenvalue weighted by atomic mass is 9.95. The Kier molecular flexibility index (Phi) is 5.61. The molecule has 7 nitrogen and oxygen atoms in total. The number of carbonyl (C=O) groups excluding carboxylic acids is 2. The first-order valence-corrected chi connectivity index (χ1v) is 8.68. The normalized spacial score (nSPS) is 19.0. The molecule has 0 aliphatic carbocycles. The van der Waals surface area contributed by atoms with Crippen LogP contribution >= 0.6 is 0 Å². The first-order chi connectivity index (χ1) is 13.0. The van der Waals surface area contributed by atoms with Crippen LogP contribution in [0.5, 0.6) is 11.5 Å². The molecule has 0 radical (unpaired) electrons. The minimum absolute atomic E-state index is 0.107. The molecule has 1 fully saturated rings. The summed E-state index contributed by atoms with van der Waals surface area (Å²) in [6, 6.07) is 14.7. The summed E-state index contributed by atoms with van der Waals surface area (Å²) in [7, 11) is 1.47. The lowest BCUT2D eigenvalue weighted by Gasteiger charge is -2.18. The fourth-order valence-electron chi connectivity index (χ4n) is 3.30. The molecule has 2 amide bonds. The molecule has 0 aromatic heterocycles. The number of nitrogens with zero attached hydrogens (tertiary/aromatic N) is 1. The van der Waals surface area contributed by atoms with Crippen molar-refractivity contribution in [2.75, 3.05) is 26.8 Å². The standard InChI is InChI=1S/C20H23N3O4/c1-26-18-9-14(7-8-17(18)27-12-19(22)24)20(25)23-10-15(16(21)11-23)13-5-3-2-4-6-13/h2-9,15-16H,10-12,21H2,1H3,(H2,22,24)/t15-,16+/m0/s1. The first kappa shape index (κ1) is 18.7. The quantitative estimate of drug-likeness (QED) is 0.793. The number of amides is 2. The van der Waals surface area contributed by atoms with Crippen LogP contribution in [0, 0.1) is 0 Å². The molecule has 1 saturated heterocycles. The molecular weight excluding hydrogens is 346 g/mol. The van der Waals surface area contributed by atoms with Crippen LogP contribution in [0.15, 0.2) is 48.5 Å². The predicted octanol–water partition coefficient (Wildman–Crippen LogP) is 1.13. The number of nitrogens with two attached hydrogens (primary N) is 2. The molecule has 4 N–H and O–H groups in total. The zero-order valence-electron chi connectivity index (χ0n) is 15.1. The molecule has 1 aliphatic heterocycles. The highest BCUT2D eigenvalue weighted by Gasteiger charge is 2.34. The first-order valence-electron chi connectivity index (χ1n) is 8.68. The third kappa shape index (κ3) is 4.20. The maximum absolute atomic E-state index is 12.9. The zero-order valence-corrected chi connectivity index (χ0v) is 15.1. The van der Waals surface area contributed by atoms with Gasteiger partial charge in [-0.15, -0.1) is 0 Å². The van der Waals surface area contributed by atoms with E-state index in [1.54, 1.807) is 23.1 Å². The molecule has 3 rings (SSSR count). The average molecular weight is 369 g/mol. The molecule has 1 heterocycles. The van der Waals surface area contributed by atoms with Crippen LogP contribution in [-0.4, -0.2) is 49.6 Å². The van der Waals surface area contributed by atoms with E-state index < -0.39 is 5.91 Å². The van der Waals surface area contributed by atoms with Gasteiger partial charge in [-0.3, -0.25) is 9.59 Å². The van der Waals surface area contributed by atoms with Crippen molar-refractivity contribution >= 4 is 11.8 Å². The topological polar surface area (TPSA) is 108 Å². The highest BCUT2D eigenvalue weighted by atomic mass is 16.5. The highest BCUT2D eigenvalue weighted by molar-refractivity contribution is 5.95. The second kappa shape index (κ2) is 8.09.